The number of carbonyl (C=O) groups excluding carboxylic acids is 1. The van der Waals surface area contributed by atoms with E-state index in [0.717, 1.165) is 0 Å². The minimum Gasteiger partial charge on any atom is -0.466 e. The highest BCUT2D eigenvalue weighted by molar-refractivity contribution is 6.31. The van der Waals surface area contributed by atoms with Crippen LogP contribution in [0, 0.1) is 41.2 Å². The summed E-state index contributed by atoms with van der Waals surface area (Å²) in [6.45, 7) is 1.62. The van der Waals surface area contributed by atoms with E-state index in [1.54, 1.807) is 6.92 Å². The molecule has 0 aromatic carbocycles. The number of pyridine rings is 2. The van der Waals surface area contributed by atoms with Gasteiger partial charge in [-0.05, 0) is 6.92 Å². The summed E-state index contributed by atoms with van der Waals surface area (Å²) < 4.78 is 91.7. The number of carbonyl (C=O) groups is 1. The zero-order valence-corrected chi connectivity index (χ0v) is 14.5. The summed E-state index contributed by atoms with van der Waals surface area (Å²) in [6, 6.07) is 0. The van der Waals surface area contributed by atoms with Crippen molar-refractivity contribution in [3.05, 3.63) is 56.9 Å². The van der Waals surface area contributed by atoms with E-state index in [4.69, 9.17) is 23.2 Å². The molecule has 148 valence electrons. The summed E-state index contributed by atoms with van der Waals surface area (Å²) >= 11 is 10.2. The lowest BCUT2D eigenvalue weighted by atomic mass is 10.2. The van der Waals surface area contributed by atoms with Crippen LogP contribution in [0.4, 0.5) is 30.7 Å². The van der Waals surface area contributed by atoms with E-state index >= 15 is 0 Å². The lowest BCUT2D eigenvalue weighted by molar-refractivity contribution is -0.142. The molecular weight excluding hydrogens is 432 g/mol. The Hall–Kier alpha value is -2.14. The first-order valence-electron chi connectivity index (χ1n) is 6.71. The zero-order chi connectivity index (χ0) is 20.9. The first kappa shape index (κ1) is 22.9. The van der Waals surface area contributed by atoms with Gasteiger partial charge in [0.05, 0.1) is 13.0 Å². The van der Waals surface area contributed by atoms with Gasteiger partial charge in [-0.3, -0.25) is 4.79 Å². The van der Waals surface area contributed by atoms with Gasteiger partial charge in [0.15, 0.2) is 11.6 Å². The number of aromatic nitrogens is 2. The van der Waals surface area contributed by atoms with E-state index in [2.05, 4.69) is 14.7 Å². The Morgan fingerprint density at radius 3 is 1.81 bits per heavy atom. The Labute approximate surface area is 156 Å². The molecule has 0 saturated carbocycles. The molecule has 2 aromatic heterocycles. The van der Waals surface area contributed by atoms with Crippen molar-refractivity contribution in [3.63, 3.8) is 0 Å². The largest absolute Gasteiger partial charge is 0.466 e. The molecule has 0 N–H and O–H groups in total. The molecule has 27 heavy (non-hydrogen) atoms. The highest BCUT2D eigenvalue weighted by Crippen LogP contribution is 2.24. The molecule has 4 nitrogen and oxygen atoms in total. The van der Waals surface area contributed by atoms with Crippen LogP contribution < -0.4 is 0 Å². The molecule has 13 heteroatoms. The van der Waals surface area contributed by atoms with E-state index in [9.17, 15) is 35.5 Å². The second kappa shape index (κ2) is 9.70. The van der Waals surface area contributed by atoms with Crippen LogP contribution in [-0.2, 0) is 16.0 Å². The van der Waals surface area contributed by atoms with Gasteiger partial charge in [-0.2, -0.15) is 31.9 Å². The molecule has 0 aliphatic carbocycles. The predicted octanol–water partition coefficient (Wildman–Crippen LogP) is 4.55. The molecular formula is C14H7Cl2F7N2O2. The second-order valence-electron chi connectivity index (χ2n) is 4.42. The lowest BCUT2D eigenvalue weighted by Crippen LogP contribution is -2.12. The average Bonchev–Trinajstić information content (AvgIpc) is 2.61. The van der Waals surface area contributed by atoms with Crippen molar-refractivity contribution in [2.45, 2.75) is 13.3 Å². The summed E-state index contributed by atoms with van der Waals surface area (Å²) in [4.78, 5) is 16.0. The predicted molar refractivity (Wildman–Crippen MR) is 78.5 cm³/mol. The van der Waals surface area contributed by atoms with Crippen molar-refractivity contribution in [3.8, 4) is 0 Å². The normalized spacial score (nSPS) is 10.3. The van der Waals surface area contributed by atoms with Crippen LogP contribution in [-0.4, -0.2) is 22.5 Å². The summed E-state index contributed by atoms with van der Waals surface area (Å²) in [5.74, 6) is -12.3. The van der Waals surface area contributed by atoms with Crippen LogP contribution in [0.25, 0.3) is 0 Å². The molecule has 0 unspecified atom stereocenters. The Morgan fingerprint density at radius 2 is 1.30 bits per heavy atom. The Balaban J connectivity index is 0.000000289. The van der Waals surface area contributed by atoms with Crippen LogP contribution in [0.1, 0.15) is 12.5 Å². The standard InChI is InChI=1S/C9H7ClF3NO2.C5ClF4N/c1-2-16-5(15)3-4-6(10)8(12)14-9(13)7(4)11;6-1-2(7)3(8)5(10)11-4(1)9/h2-3H2,1H3;. The van der Waals surface area contributed by atoms with Crippen molar-refractivity contribution in [1.29, 1.82) is 0 Å². The van der Waals surface area contributed by atoms with Crippen molar-refractivity contribution in [2.75, 3.05) is 6.61 Å². The third-order valence-corrected chi connectivity index (χ3v) is 3.36. The number of ether oxygens (including phenoxy) is 1. The summed E-state index contributed by atoms with van der Waals surface area (Å²) in [6.07, 6.45) is -0.644. The number of nitrogens with zero attached hydrogens (tertiary/aromatic N) is 2. The van der Waals surface area contributed by atoms with Gasteiger partial charge in [0.2, 0.25) is 17.7 Å². The van der Waals surface area contributed by atoms with E-state index in [1.807, 2.05) is 0 Å². The minimum atomic E-state index is -1.88. The minimum absolute atomic E-state index is 0.0775. The highest BCUT2D eigenvalue weighted by Gasteiger charge is 2.21. The van der Waals surface area contributed by atoms with E-state index in [-0.39, 0.29) is 6.61 Å². The number of hydrogen-bond donors (Lipinski definition) is 0. The molecule has 0 spiro atoms. The van der Waals surface area contributed by atoms with Gasteiger partial charge in [0, 0.05) is 5.56 Å². The van der Waals surface area contributed by atoms with Gasteiger partial charge in [-0.25, -0.2) is 8.78 Å². The molecule has 0 radical (unpaired) electrons. The van der Waals surface area contributed by atoms with Crippen LogP contribution in [0.2, 0.25) is 10.0 Å². The Kier molecular flexibility index (Phi) is 8.22. The van der Waals surface area contributed by atoms with Crippen molar-refractivity contribution < 1.29 is 40.3 Å². The number of rotatable bonds is 3. The van der Waals surface area contributed by atoms with E-state index in [0.29, 0.717) is 0 Å². The second-order valence-corrected chi connectivity index (χ2v) is 5.17. The topological polar surface area (TPSA) is 52.1 Å². The quantitative estimate of drug-likeness (QED) is 0.400. The van der Waals surface area contributed by atoms with E-state index < -0.39 is 69.2 Å². The van der Waals surface area contributed by atoms with Crippen molar-refractivity contribution in [1.82, 2.24) is 9.97 Å². The maximum atomic E-state index is 13.1. The maximum Gasteiger partial charge on any atom is 0.310 e. The molecule has 0 atom stereocenters. The first-order valence-corrected chi connectivity index (χ1v) is 7.46. The van der Waals surface area contributed by atoms with E-state index in [1.165, 1.54) is 0 Å². The van der Waals surface area contributed by atoms with Crippen molar-refractivity contribution >= 4 is 29.2 Å². The average molecular weight is 439 g/mol. The van der Waals surface area contributed by atoms with Crippen LogP contribution in [0.5, 0.6) is 0 Å². The van der Waals surface area contributed by atoms with Crippen LogP contribution in [0.15, 0.2) is 0 Å². The molecule has 0 aliphatic rings. The van der Waals surface area contributed by atoms with Crippen LogP contribution in [0.3, 0.4) is 0 Å². The molecule has 0 amide bonds. The third kappa shape index (κ3) is 5.67. The summed E-state index contributed by atoms with van der Waals surface area (Å²) in [5, 5.41) is -1.86. The van der Waals surface area contributed by atoms with Crippen LogP contribution >= 0.6 is 23.2 Å². The smallest absolute Gasteiger partial charge is 0.310 e. The van der Waals surface area contributed by atoms with Gasteiger partial charge < -0.3 is 4.74 Å². The summed E-state index contributed by atoms with van der Waals surface area (Å²) in [7, 11) is 0. The molecule has 0 aliphatic heterocycles. The first-order chi connectivity index (χ1) is 12.5. The van der Waals surface area contributed by atoms with Gasteiger partial charge in [-0.1, -0.05) is 23.2 Å². The fourth-order valence-electron chi connectivity index (χ4n) is 1.50. The fourth-order valence-corrected chi connectivity index (χ4v) is 1.82. The molecule has 0 fully saturated rings. The van der Waals surface area contributed by atoms with Crippen molar-refractivity contribution in [2.24, 2.45) is 0 Å². The number of esters is 1. The third-order valence-electron chi connectivity index (χ3n) is 2.66. The molecule has 0 saturated heterocycles. The zero-order valence-electron chi connectivity index (χ0n) is 13.0. The van der Waals surface area contributed by atoms with Gasteiger partial charge >= 0.3 is 5.97 Å². The number of halogens is 9. The van der Waals surface area contributed by atoms with Gasteiger partial charge in [-0.15, -0.1) is 0 Å². The SMILES string of the molecule is CCOC(=O)Cc1c(F)c(F)nc(F)c1Cl.Fc1nc(F)c(Cl)c(F)c1F. The molecule has 0 bridgehead atoms. The Morgan fingerprint density at radius 1 is 0.815 bits per heavy atom. The monoisotopic (exact) mass is 438 g/mol. The lowest BCUT2D eigenvalue weighted by Gasteiger charge is -2.06. The number of hydrogen-bond acceptors (Lipinski definition) is 4. The highest BCUT2D eigenvalue weighted by atomic mass is 35.5. The molecule has 2 rings (SSSR count). The maximum absolute atomic E-state index is 13.1. The molecule has 2 heterocycles. The Bertz CT molecular complexity index is 816. The van der Waals surface area contributed by atoms with Gasteiger partial charge in [0.25, 0.3) is 11.9 Å². The summed E-state index contributed by atoms with van der Waals surface area (Å²) in [5.41, 5.74) is -0.592. The van der Waals surface area contributed by atoms with Gasteiger partial charge in [0.1, 0.15) is 10.0 Å². The fraction of sp³-hybridized carbons (Fsp3) is 0.214. The molecule has 2 aromatic rings.